The van der Waals surface area contributed by atoms with Crippen LogP contribution in [0.3, 0.4) is 0 Å². The lowest BCUT2D eigenvalue weighted by atomic mass is 10.1. The third-order valence-electron chi connectivity index (χ3n) is 2.44. The van der Waals surface area contributed by atoms with E-state index >= 15 is 0 Å². The molecule has 1 atom stereocenters. The minimum atomic E-state index is -0.190. The van der Waals surface area contributed by atoms with E-state index in [1.807, 2.05) is 26.0 Å². The van der Waals surface area contributed by atoms with Crippen LogP contribution in [0.15, 0.2) is 12.1 Å². The molecule has 0 bridgehead atoms. The Morgan fingerprint density at radius 3 is 2.53 bits per heavy atom. The van der Waals surface area contributed by atoms with Crippen LogP contribution in [-0.2, 0) is 4.74 Å². The molecule has 2 nitrogen and oxygen atoms in total. The second-order valence-corrected chi connectivity index (χ2v) is 8.69. The number of thiophene rings is 1. The third kappa shape index (κ3) is 3.46. The Hall–Kier alpha value is -0.613. The minimum Gasteiger partial charge on any atom is -0.458 e. The molecule has 0 aliphatic rings. The molecular formula is C11H18O2SSi. The van der Waals surface area contributed by atoms with Crippen LogP contribution in [0, 0.1) is 6.92 Å². The van der Waals surface area contributed by atoms with Gasteiger partial charge in [0, 0.05) is 15.1 Å². The fourth-order valence-corrected chi connectivity index (χ4v) is 1.81. The maximum absolute atomic E-state index is 11.7. The van der Waals surface area contributed by atoms with E-state index in [4.69, 9.17) is 4.74 Å². The van der Waals surface area contributed by atoms with E-state index in [-0.39, 0.29) is 17.1 Å². The van der Waals surface area contributed by atoms with Gasteiger partial charge in [-0.25, -0.2) is 4.79 Å². The zero-order valence-corrected chi connectivity index (χ0v) is 12.8. The highest BCUT2D eigenvalue weighted by Crippen LogP contribution is 2.27. The summed E-state index contributed by atoms with van der Waals surface area (Å²) in [7, 11) is 1.01. The highest BCUT2D eigenvalue weighted by Gasteiger charge is 2.24. The van der Waals surface area contributed by atoms with Crippen molar-refractivity contribution in [2.24, 2.45) is 0 Å². The lowest BCUT2D eigenvalue weighted by molar-refractivity contribution is 0.0267. The molecule has 1 aromatic heterocycles. The standard InChI is InChI=1S/C11H18O2SSi/c1-7-5-6-9(14-7)10(12)13-8(2)11(3,4)15/h5-6,8H,1-4,15H3. The van der Waals surface area contributed by atoms with Gasteiger partial charge >= 0.3 is 5.97 Å². The number of rotatable bonds is 3. The fourth-order valence-electron chi connectivity index (χ4n) is 0.940. The van der Waals surface area contributed by atoms with Crippen LogP contribution in [0.1, 0.15) is 35.3 Å². The Labute approximate surface area is 98.1 Å². The van der Waals surface area contributed by atoms with Gasteiger partial charge in [-0.2, -0.15) is 0 Å². The van der Waals surface area contributed by atoms with Gasteiger partial charge in [-0.3, -0.25) is 0 Å². The van der Waals surface area contributed by atoms with Crippen molar-refractivity contribution in [1.82, 2.24) is 0 Å². The Morgan fingerprint density at radius 2 is 2.13 bits per heavy atom. The van der Waals surface area contributed by atoms with Crippen LogP contribution < -0.4 is 0 Å². The quantitative estimate of drug-likeness (QED) is 0.600. The van der Waals surface area contributed by atoms with Gasteiger partial charge in [0.05, 0.1) is 0 Å². The maximum Gasteiger partial charge on any atom is 0.348 e. The van der Waals surface area contributed by atoms with Crippen molar-refractivity contribution in [2.75, 3.05) is 0 Å². The molecule has 15 heavy (non-hydrogen) atoms. The van der Waals surface area contributed by atoms with Gasteiger partial charge in [0.15, 0.2) is 0 Å². The smallest absolute Gasteiger partial charge is 0.348 e. The molecule has 4 heteroatoms. The number of ether oxygens (including phenoxy) is 1. The van der Waals surface area contributed by atoms with Crippen LogP contribution in [0.25, 0.3) is 0 Å². The zero-order chi connectivity index (χ0) is 11.6. The molecule has 0 aliphatic heterocycles. The van der Waals surface area contributed by atoms with Crippen LogP contribution in [0.5, 0.6) is 0 Å². The van der Waals surface area contributed by atoms with E-state index in [0.29, 0.717) is 4.88 Å². The summed E-state index contributed by atoms with van der Waals surface area (Å²) in [6.45, 7) is 8.20. The molecule has 0 amide bonds. The van der Waals surface area contributed by atoms with Gasteiger partial charge in [0.1, 0.15) is 11.0 Å². The van der Waals surface area contributed by atoms with E-state index in [2.05, 4.69) is 13.8 Å². The van der Waals surface area contributed by atoms with Gasteiger partial charge in [0.2, 0.25) is 0 Å². The number of hydrogen-bond acceptors (Lipinski definition) is 3. The zero-order valence-electron chi connectivity index (χ0n) is 9.96. The summed E-state index contributed by atoms with van der Waals surface area (Å²) in [5.74, 6) is -0.190. The molecule has 0 fully saturated rings. The first-order chi connectivity index (χ1) is 6.80. The molecule has 1 rings (SSSR count). The number of carbonyl (C=O) groups excluding carboxylic acids is 1. The molecule has 0 spiro atoms. The van der Waals surface area contributed by atoms with E-state index in [9.17, 15) is 4.79 Å². The van der Waals surface area contributed by atoms with E-state index < -0.39 is 0 Å². The second kappa shape index (κ2) is 4.49. The van der Waals surface area contributed by atoms with Crippen molar-refractivity contribution in [3.8, 4) is 0 Å². The summed E-state index contributed by atoms with van der Waals surface area (Å²) in [4.78, 5) is 13.6. The number of carbonyl (C=O) groups is 1. The molecule has 0 radical (unpaired) electrons. The van der Waals surface area contributed by atoms with Crippen LogP contribution >= 0.6 is 11.3 Å². The van der Waals surface area contributed by atoms with Crippen molar-refractivity contribution < 1.29 is 9.53 Å². The number of hydrogen-bond donors (Lipinski definition) is 0. The van der Waals surface area contributed by atoms with E-state index in [0.717, 1.165) is 15.1 Å². The van der Waals surface area contributed by atoms with Gasteiger partial charge in [-0.15, -0.1) is 11.3 Å². The highest BCUT2D eigenvalue weighted by molar-refractivity contribution is 7.13. The SMILES string of the molecule is Cc1ccc(C(=O)OC(C)C(C)(C)[SiH3])s1. The molecule has 0 saturated carbocycles. The molecule has 0 aromatic carbocycles. The van der Waals surface area contributed by atoms with Crippen LogP contribution in [-0.4, -0.2) is 22.3 Å². The van der Waals surface area contributed by atoms with Gasteiger partial charge < -0.3 is 4.74 Å². The van der Waals surface area contributed by atoms with Crippen molar-refractivity contribution >= 4 is 27.5 Å². The van der Waals surface area contributed by atoms with Crippen molar-refractivity contribution in [3.05, 3.63) is 21.9 Å². The van der Waals surface area contributed by atoms with Gasteiger partial charge in [-0.05, 0) is 31.0 Å². The Balaban J connectivity index is 2.64. The average molecular weight is 242 g/mol. The summed E-state index contributed by atoms with van der Waals surface area (Å²) in [5, 5.41) is 0.127. The van der Waals surface area contributed by atoms with E-state index in [1.54, 1.807) is 0 Å². The number of esters is 1. The summed E-state index contributed by atoms with van der Waals surface area (Å²) in [6.07, 6.45) is -0.0147. The normalized spacial score (nSPS) is 13.9. The average Bonchev–Trinajstić information content (AvgIpc) is 2.50. The Morgan fingerprint density at radius 1 is 1.53 bits per heavy atom. The Kier molecular flexibility index (Phi) is 3.73. The Bertz CT molecular complexity index is 352. The summed E-state index contributed by atoms with van der Waals surface area (Å²) < 4.78 is 5.42. The topological polar surface area (TPSA) is 26.3 Å². The third-order valence-corrected chi connectivity index (χ3v) is 4.24. The molecule has 0 aliphatic carbocycles. The first-order valence-corrected chi connectivity index (χ1v) is 6.90. The lowest BCUT2D eigenvalue weighted by Gasteiger charge is -2.26. The molecule has 1 unspecified atom stereocenters. The van der Waals surface area contributed by atoms with Crippen molar-refractivity contribution in [1.29, 1.82) is 0 Å². The first kappa shape index (κ1) is 12.5. The maximum atomic E-state index is 11.7. The van der Waals surface area contributed by atoms with Crippen LogP contribution in [0.2, 0.25) is 5.04 Å². The molecule has 1 aromatic rings. The van der Waals surface area contributed by atoms with Crippen molar-refractivity contribution in [2.45, 2.75) is 38.8 Å². The predicted octanol–water partition coefficient (Wildman–Crippen LogP) is 2.17. The van der Waals surface area contributed by atoms with Crippen LogP contribution in [0.4, 0.5) is 0 Å². The monoisotopic (exact) mass is 242 g/mol. The minimum absolute atomic E-state index is 0.0147. The lowest BCUT2D eigenvalue weighted by Crippen LogP contribution is -2.26. The van der Waals surface area contributed by atoms with Crippen molar-refractivity contribution in [3.63, 3.8) is 0 Å². The molecule has 1 heterocycles. The van der Waals surface area contributed by atoms with Gasteiger partial charge in [-0.1, -0.05) is 13.8 Å². The first-order valence-electron chi connectivity index (χ1n) is 5.08. The van der Waals surface area contributed by atoms with E-state index in [1.165, 1.54) is 11.3 Å². The largest absolute Gasteiger partial charge is 0.458 e. The van der Waals surface area contributed by atoms with Gasteiger partial charge in [0.25, 0.3) is 0 Å². The molecule has 84 valence electrons. The molecule has 0 N–H and O–H groups in total. The predicted molar refractivity (Wildman–Crippen MR) is 67.9 cm³/mol. The molecular weight excluding hydrogens is 224 g/mol. The second-order valence-electron chi connectivity index (χ2n) is 4.82. The fraction of sp³-hybridized carbons (Fsp3) is 0.545. The summed E-state index contributed by atoms with van der Waals surface area (Å²) >= 11 is 1.49. The number of aryl methyl sites for hydroxylation is 1. The molecule has 0 saturated heterocycles. The summed E-state index contributed by atoms with van der Waals surface area (Å²) in [5.41, 5.74) is 0. The summed E-state index contributed by atoms with van der Waals surface area (Å²) in [6, 6.07) is 3.77. The highest BCUT2D eigenvalue weighted by atomic mass is 32.1.